The Morgan fingerprint density at radius 1 is 1.63 bits per heavy atom. The van der Waals surface area contributed by atoms with Gasteiger partial charge in [0.25, 0.3) is 0 Å². The number of nitrogens with two attached hydrogens (primary N) is 1. The highest BCUT2D eigenvalue weighted by atomic mass is 32.2. The molecule has 1 unspecified atom stereocenters. The first kappa shape index (κ1) is 15.4. The van der Waals surface area contributed by atoms with Gasteiger partial charge in [0, 0.05) is 19.3 Å². The second-order valence-corrected chi connectivity index (χ2v) is 5.89. The molecule has 19 heavy (non-hydrogen) atoms. The molecule has 0 saturated heterocycles. The quantitative estimate of drug-likeness (QED) is 0.582. The minimum absolute atomic E-state index is 0.00416. The Labute approximate surface area is 113 Å². The predicted octanol–water partition coefficient (Wildman–Crippen LogP) is 0.537. The minimum atomic E-state index is -3.72. The number of nitriles is 1. The molecule has 7 nitrogen and oxygen atoms in total. The molecule has 3 N–H and O–H groups in total. The van der Waals surface area contributed by atoms with Crippen LogP contribution in [0.2, 0.25) is 0 Å². The molecule has 0 saturated carbocycles. The van der Waals surface area contributed by atoms with E-state index in [1.165, 1.54) is 22.6 Å². The van der Waals surface area contributed by atoms with Gasteiger partial charge in [0.15, 0.2) is 5.82 Å². The van der Waals surface area contributed by atoms with Crippen LogP contribution in [0.3, 0.4) is 0 Å². The normalized spacial score (nSPS) is 13.0. The molecule has 0 radical (unpaired) electrons. The summed E-state index contributed by atoms with van der Waals surface area (Å²) in [6.07, 6.45) is 1.45. The molecule has 8 heteroatoms. The van der Waals surface area contributed by atoms with Crippen LogP contribution in [0.5, 0.6) is 0 Å². The third-order valence-corrected chi connectivity index (χ3v) is 4.55. The van der Waals surface area contributed by atoms with Crippen LogP contribution in [-0.4, -0.2) is 30.8 Å². The van der Waals surface area contributed by atoms with Crippen LogP contribution in [0.4, 0.5) is 5.82 Å². The number of nitrogens with zero attached hydrogens (tertiary/aromatic N) is 3. The molecule has 1 atom stereocenters. The molecule has 0 aliphatic rings. The topological polar surface area (TPSA) is 112 Å². The highest BCUT2D eigenvalue weighted by Crippen LogP contribution is 2.22. The van der Waals surface area contributed by atoms with Crippen molar-refractivity contribution in [1.82, 2.24) is 9.29 Å². The summed E-state index contributed by atoms with van der Waals surface area (Å²) < 4.78 is 26.2. The Kier molecular flexibility index (Phi) is 5.23. The molecule has 1 aromatic rings. The molecular formula is C11H17N5O2S. The number of nitrogens with one attached hydrogen (secondary N) is 1. The number of aromatic nitrogens is 1. The first-order chi connectivity index (χ1) is 8.97. The number of anilines is 1. The van der Waals surface area contributed by atoms with Crippen LogP contribution >= 0.6 is 0 Å². The summed E-state index contributed by atoms with van der Waals surface area (Å²) in [6.45, 7) is 3.79. The van der Waals surface area contributed by atoms with Gasteiger partial charge in [-0.3, -0.25) is 0 Å². The Bertz CT molecular complexity index is 567. The number of hydrazine groups is 1. The zero-order valence-corrected chi connectivity index (χ0v) is 11.7. The van der Waals surface area contributed by atoms with Gasteiger partial charge in [0.05, 0.1) is 12.0 Å². The van der Waals surface area contributed by atoms with Gasteiger partial charge in [0.1, 0.15) is 4.90 Å². The molecule has 0 spiro atoms. The van der Waals surface area contributed by atoms with Crippen molar-refractivity contribution in [3.05, 3.63) is 18.3 Å². The van der Waals surface area contributed by atoms with E-state index in [1.54, 1.807) is 13.8 Å². The summed E-state index contributed by atoms with van der Waals surface area (Å²) in [7, 11) is -3.72. The Morgan fingerprint density at radius 3 is 2.84 bits per heavy atom. The fourth-order valence-corrected chi connectivity index (χ4v) is 3.23. The standard InChI is InChI=1S/C11H17N5O2S/c1-3-16(8-9(2)7-12)19(17,18)10-5-4-6-14-11(10)15-13/h4-6,9H,3,8,13H2,1-2H3,(H,14,15). The van der Waals surface area contributed by atoms with E-state index in [4.69, 9.17) is 11.1 Å². The highest BCUT2D eigenvalue weighted by molar-refractivity contribution is 7.89. The van der Waals surface area contributed by atoms with Crippen molar-refractivity contribution < 1.29 is 8.42 Å². The van der Waals surface area contributed by atoms with Crippen LogP contribution in [0.15, 0.2) is 23.2 Å². The molecule has 0 fully saturated rings. The molecule has 1 rings (SSSR count). The lowest BCUT2D eigenvalue weighted by atomic mass is 10.2. The van der Waals surface area contributed by atoms with Gasteiger partial charge in [0.2, 0.25) is 10.0 Å². The van der Waals surface area contributed by atoms with Crippen molar-refractivity contribution in [3.8, 4) is 6.07 Å². The third-order valence-electron chi connectivity index (χ3n) is 2.58. The Morgan fingerprint density at radius 2 is 2.32 bits per heavy atom. The minimum Gasteiger partial charge on any atom is -0.307 e. The SMILES string of the molecule is CCN(CC(C)C#N)S(=O)(=O)c1cccnc1NN. The van der Waals surface area contributed by atoms with Crippen LogP contribution in [0, 0.1) is 17.2 Å². The van der Waals surface area contributed by atoms with Crippen molar-refractivity contribution in [2.45, 2.75) is 18.7 Å². The fourth-order valence-electron chi connectivity index (χ4n) is 1.59. The van der Waals surface area contributed by atoms with Crippen LogP contribution in [-0.2, 0) is 10.0 Å². The summed E-state index contributed by atoms with van der Waals surface area (Å²) in [6, 6.07) is 4.97. The summed E-state index contributed by atoms with van der Waals surface area (Å²) in [5.74, 6) is 4.97. The van der Waals surface area contributed by atoms with E-state index >= 15 is 0 Å². The van der Waals surface area contributed by atoms with Gasteiger partial charge in [-0.2, -0.15) is 9.57 Å². The van der Waals surface area contributed by atoms with Gasteiger partial charge < -0.3 is 5.43 Å². The number of hydrogen-bond acceptors (Lipinski definition) is 6. The van der Waals surface area contributed by atoms with Gasteiger partial charge in [-0.15, -0.1) is 0 Å². The van der Waals surface area contributed by atoms with E-state index in [9.17, 15) is 8.42 Å². The molecule has 1 heterocycles. The second-order valence-electron chi connectivity index (χ2n) is 3.98. The average Bonchev–Trinajstić information content (AvgIpc) is 2.43. The van der Waals surface area contributed by atoms with E-state index in [0.29, 0.717) is 0 Å². The van der Waals surface area contributed by atoms with Crippen LogP contribution < -0.4 is 11.3 Å². The maximum Gasteiger partial charge on any atom is 0.246 e. The zero-order chi connectivity index (χ0) is 14.5. The molecule has 0 amide bonds. The summed E-state index contributed by atoms with van der Waals surface area (Å²) >= 11 is 0. The summed E-state index contributed by atoms with van der Waals surface area (Å²) in [5.41, 5.74) is 2.27. The largest absolute Gasteiger partial charge is 0.307 e. The van der Waals surface area contributed by atoms with Crippen LogP contribution in [0.1, 0.15) is 13.8 Å². The molecule has 0 aliphatic carbocycles. The monoisotopic (exact) mass is 283 g/mol. The van der Waals surface area contributed by atoms with E-state index in [1.807, 2.05) is 6.07 Å². The molecule has 0 aliphatic heterocycles. The zero-order valence-electron chi connectivity index (χ0n) is 10.9. The smallest absolute Gasteiger partial charge is 0.246 e. The van der Waals surface area contributed by atoms with Crippen molar-refractivity contribution >= 4 is 15.8 Å². The van der Waals surface area contributed by atoms with E-state index in [-0.39, 0.29) is 29.7 Å². The number of sulfonamides is 1. The van der Waals surface area contributed by atoms with Crippen LogP contribution in [0.25, 0.3) is 0 Å². The lowest BCUT2D eigenvalue weighted by Gasteiger charge is -2.22. The number of pyridine rings is 1. The van der Waals surface area contributed by atoms with Gasteiger partial charge >= 0.3 is 0 Å². The van der Waals surface area contributed by atoms with Gasteiger partial charge in [-0.05, 0) is 19.1 Å². The fraction of sp³-hybridized carbons (Fsp3) is 0.455. The Balaban J connectivity index is 3.18. The first-order valence-electron chi connectivity index (χ1n) is 5.78. The van der Waals surface area contributed by atoms with E-state index < -0.39 is 10.0 Å². The summed E-state index contributed by atoms with van der Waals surface area (Å²) in [5, 5.41) is 8.80. The van der Waals surface area contributed by atoms with Crippen molar-refractivity contribution in [1.29, 1.82) is 5.26 Å². The van der Waals surface area contributed by atoms with Gasteiger partial charge in [-0.1, -0.05) is 6.92 Å². The van der Waals surface area contributed by atoms with E-state index in [2.05, 4.69) is 10.4 Å². The lowest BCUT2D eigenvalue weighted by molar-refractivity contribution is 0.400. The molecule has 104 valence electrons. The van der Waals surface area contributed by atoms with Crippen molar-refractivity contribution in [3.63, 3.8) is 0 Å². The maximum atomic E-state index is 12.5. The number of rotatable bonds is 6. The first-order valence-corrected chi connectivity index (χ1v) is 7.22. The molecule has 0 bridgehead atoms. The van der Waals surface area contributed by atoms with E-state index in [0.717, 1.165) is 0 Å². The lowest BCUT2D eigenvalue weighted by Crippen LogP contribution is -2.35. The Hall–Kier alpha value is -1.69. The number of hydrogen-bond donors (Lipinski definition) is 2. The van der Waals surface area contributed by atoms with Crippen molar-refractivity contribution in [2.24, 2.45) is 11.8 Å². The molecule has 1 aromatic heterocycles. The molecule has 0 aromatic carbocycles. The predicted molar refractivity (Wildman–Crippen MR) is 71.3 cm³/mol. The third kappa shape index (κ3) is 3.41. The second kappa shape index (κ2) is 6.47. The highest BCUT2D eigenvalue weighted by Gasteiger charge is 2.27. The molecular weight excluding hydrogens is 266 g/mol. The number of nitrogen functional groups attached to an aromatic ring is 1. The van der Waals surface area contributed by atoms with Crippen molar-refractivity contribution in [2.75, 3.05) is 18.5 Å². The summed E-state index contributed by atoms with van der Waals surface area (Å²) in [4.78, 5) is 3.88. The average molecular weight is 283 g/mol. The maximum absolute atomic E-state index is 12.5. The van der Waals surface area contributed by atoms with Gasteiger partial charge in [-0.25, -0.2) is 19.2 Å².